The van der Waals surface area contributed by atoms with Gasteiger partial charge in [0, 0.05) is 43.9 Å². The van der Waals surface area contributed by atoms with Gasteiger partial charge in [0.05, 0.1) is 5.69 Å². The van der Waals surface area contributed by atoms with Crippen LogP contribution in [0.25, 0.3) is 5.65 Å². The van der Waals surface area contributed by atoms with Crippen LogP contribution < -0.4 is 0 Å². The van der Waals surface area contributed by atoms with E-state index in [1.807, 2.05) is 27.0 Å². The number of amides is 1. The van der Waals surface area contributed by atoms with E-state index in [1.54, 1.807) is 15.5 Å². The van der Waals surface area contributed by atoms with Crippen LogP contribution in [0.15, 0.2) is 23.6 Å². The number of aromatic nitrogens is 3. The number of hydrogen-bond donors (Lipinski definition) is 0. The Morgan fingerprint density at radius 3 is 2.73 bits per heavy atom. The van der Waals surface area contributed by atoms with Crippen LogP contribution in [-0.4, -0.2) is 58.7 Å². The highest BCUT2D eigenvalue weighted by Gasteiger charge is 2.30. The Morgan fingerprint density at radius 2 is 2.08 bits per heavy atom. The molecule has 1 saturated heterocycles. The van der Waals surface area contributed by atoms with Crippen molar-refractivity contribution >= 4 is 21.6 Å². The highest BCUT2D eigenvalue weighted by molar-refractivity contribution is 7.90. The number of imidazole rings is 1. The molecule has 1 atom stereocenters. The molecule has 1 aliphatic rings. The number of ether oxygens (including phenoxy) is 1. The molecule has 0 N–H and O–H groups in total. The SMILES string of the molecule is CC(C)(C)OC(=O)N1CCCC(c2cn3ccnc(S(C)(=O)=O)c3n2)C1. The van der Waals surface area contributed by atoms with E-state index < -0.39 is 15.4 Å². The van der Waals surface area contributed by atoms with Crippen molar-refractivity contribution in [3.8, 4) is 0 Å². The number of hydrogen-bond acceptors (Lipinski definition) is 6. The van der Waals surface area contributed by atoms with Gasteiger partial charge in [0.25, 0.3) is 0 Å². The molecule has 0 saturated carbocycles. The van der Waals surface area contributed by atoms with Gasteiger partial charge in [0.2, 0.25) is 0 Å². The summed E-state index contributed by atoms with van der Waals surface area (Å²) in [5, 5.41) is -0.0361. The van der Waals surface area contributed by atoms with Crippen LogP contribution >= 0.6 is 0 Å². The molecule has 142 valence electrons. The van der Waals surface area contributed by atoms with Crippen LogP contribution in [0.4, 0.5) is 4.79 Å². The monoisotopic (exact) mass is 380 g/mol. The van der Waals surface area contributed by atoms with Gasteiger partial charge >= 0.3 is 6.09 Å². The number of sulfone groups is 1. The predicted molar refractivity (Wildman–Crippen MR) is 95.9 cm³/mol. The summed E-state index contributed by atoms with van der Waals surface area (Å²) in [7, 11) is -3.47. The van der Waals surface area contributed by atoms with Crippen molar-refractivity contribution in [1.82, 2.24) is 19.3 Å². The molecule has 0 spiro atoms. The highest BCUT2D eigenvalue weighted by atomic mass is 32.2. The third kappa shape index (κ3) is 3.98. The van der Waals surface area contributed by atoms with E-state index >= 15 is 0 Å². The first kappa shape index (κ1) is 18.6. The van der Waals surface area contributed by atoms with Crippen LogP contribution in [0.1, 0.15) is 45.2 Å². The molecular weight excluding hydrogens is 356 g/mol. The fourth-order valence-electron chi connectivity index (χ4n) is 3.08. The second-order valence-corrected chi connectivity index (χ2v) is 9.60. The van der Waals surface area contributed by atoms with E-state index in [0.717, 1.165) is 24.8 Å². The first-order chi connectivity index (χ1) is 12.0. The van der Waals surface area contributed by atoms with Crippen molar-refractivity contribution in [1.29, 1.82) is 0 Å². The van der Waals surface area contributed by atoms with E-state index in [9.17, 15) is 13.2 Å². The maximum atomic E-state index is 12.3. The zero-order chi connectivity index (χ0) is 19.1. The summed E-state index contributed by atoms with van der Waals surface area (Å²) in [6.07, 6.45) is 7.45. The van der Waals surface area contributed by atoms with Gasteiger partial charge < -0.3 is 14.0 Å². The van der Waals surface area contributed by atoms with E-state index in [-0.39, 0.29) is 17.0 Å². The average Bonchev–Trinajstić information content (AvgIpc) is 2.96. The lowest BCUT2D eigenvalue weighted by Crippen LogP contribution is -2.42. The molecule has 3 heterocycles. The lowest BCUT2D eigenvalue weighted by atomic mass is 9.95. The Hall–Kier alpha value is -2.16. The van der Waals surface area contributed by atoms with Gasteiger partial charge in [-0.1, -0.05) is 0 Å². The van der Waals surface area contributed by atoms with E-state index in [1.165, 1.54) is 6.20 Å². The van der Waals surface area contributed by atoms with Crippen molar-refractivity contribution < 1.29 is 17.9 Å². The first-order valence-corrected chi connectivity index (χ1v) is 10.5. The minimum Gasteiger partial charge on any atom is -0.444 e. The summed E-state index contributed by atoms with van der Waals surface area (Å²) < 4.78 is 31.0. The van der Waals surface area contributed by atoms with Gasteiger partial charge in [-0.2, -0.15) is 0 Å². The number of carbonyl (C=O) groups excluding carboxylic acids is 1. The predicted octanol–water partition coefficient (Wildman–Crippen LogP) is 2.25. The van der Waals surface area contributed by atoms with Gasteiger partial charge in [0.1, 0.15) is 5.60 Å². The van der Waals surface area contributed by atoms with Crippen molar-refractivity contribution in [3.63, 3.8) is 0 Å². The number of rotatable bonds is 2. The quantitative estimate of drug-likeness (QED) is 0.793. The number of fused-ring (bicyclic) bond motifs is 1. The molecule has 1 unspecified atom stereocenters. The fraction of sp³-hybridized carbons (Fsp3) is 0.588. The summed E-state index contributed by atoms with van der Waals surface area (Å²) in [4.78, 5) is 22.5. The first-order valence-electron chi connectivity index (χ1n) is 8.56. The third-order valence-corrected chi connectivity index (χ3v) is 5.19. The van der Waals surface area contributed by atoms with Gasteiger partial charge in [-0.25, -0.2) is 23.2 Å². The fourth-order valence-corrected chi connectivity index (χ4v) is 3.82. The molecule has 26 heavy (non-hydrogen) atoms. The summed E-state index contributed by atoms with van der Waals surface area (Å²) in [6.45, 7) is 6.67. The summed E-state index contributed by atoms with van der Waals surface area (Å²) in [5.41, 5.74) is 0.541. The molecule has 9 heteroatoms. The van der Waals surface area contributed by atoms with E-state index in [4.69, 9.17) is 4.74 Å². The molecule has 0 aliphatic carbocycles. The van der Waals surface area contributed by atoms with Crippen molar-refractivity contribution in [2.75, 3.05) is 19.3 Å². The second-order valence-electron chi connectivity index (χ2n) is 7.67. The Labute approximate surface area is 153 Å². The van der Waals surface area contributed by atoms with Crippen LogP contribution in [0, 0.1) is 0 Å². The molecule has 8 nitrogen and oxygen atoms in total. The number of piperidine rings is 1. The number of likely N-dealkylation sites (tertiary alicyclic amines) is 1. The molecule has 0 aromatic carbocycles. The molecular formula is C17H24N4O4S. The molecule has 2 aromatic heterocycles. The standard InChI is InChI=1S/C17H24N4O4S/c1-17(2,3)25-16(22)21-8-5-6-12(10-21)13-11-20-9-7-18-15(14(20)19-13)26(4,23)24/h7,9,11-12H,5-6,8,10H2,1-4H3. The molecule has 1 amide bonds. The van der Waals surface area contributed by atoms with Gasteiger partial charge in [0.15, 0.2) is 20.5 Å². The van der Waals surface area contributed by atoms with E-state index in [2.05, 4.69) is 9.97 Å². The Morgan fingerprint density at radius 1 is 1.35 bits per heavy atom. The Kier molecular flexibility index (Phi) is 4.68. The van der Waals surface area contributed by atoms with Crippen LogP contribution in [-0.2, 0) is 14.6 Å². The lowest BCUT2D eigenvalue weighted by molar-refractivity contribution is 0.0197. The maximum Gasteiger partial charge on any atom is 0.410 e. The summed E-state index contributed by atoms with van der Waals surface area (Å²) >= 11 is 0. The van der Waals surface area contributed by atoms with Crippen LogP contribution in [0.3, 0.4) is 0 Å². The second kappa shape index (κ2) is 6.53. The van der Waals surface area contributed by atoms with Crippen molar-refractivity contribution in [3.05, 3.63) is 24.3 Å². The van der Waals surface area contributed by atoms with Crippen LogP contribution in [0.2, 0.25) is 0 Å². The number of carbonyl (C=O) groups is 1. The van der Waals surface area contributed by atoms with Gasteiger partial charge in [-0.3, -0.25) is 0 Å². The highest BCUT2D eigenvalue weighted by Crippen LogP contribution is 2.28. The zero-order valence-electron chi connectivity index (χ0n) is 15.5. The Balaban J connectivity index is 1.86. The molecule has 2 aromatic rings. The topological polar surface area (TPSA) is 93.9 Å². The van der Waals surface area contributed by atoms with Crippen molar-refractivity contribution in [2.24, 2.45) is 0 Å². The maximum absolute atomic E-state index is 12.3. The minimum atomic E-state index is -3.47. The number of nitrogens with zero attached hydrogens (tertiary/aromatic N) is 4. The minimum absolute atomic E-state index is 0.0311. The lowest BCUT2D eigenvalue weighted by Gasteiger charge is -2.33. The Bertz CT molecular complexity index is 930. The molecule has 0 radical (unpaired) electrons. The third-order valence-electron chi connectivity index (χ3n) is 4.20. The van der Waals surface area contributed by atoms with E-state index in [0.29, 0.717) is 18.7 Å². The largest absolute Gasteiger partial charge is 0.444 e. The summed E-state index contributed by atoms with van der Waals surface area (Å²) in [5.74, 6) is 0.0311. The molecule has 3 rings (SSSR count). The average molecular weight is 380 g/mol. The van der Waals surface area contributed by atoms with Crippen LogP contribution in [0.5, 0.6) is 0 Å². The van der Waals surface area contributed by atoms with Gasteiger partial charge in [-0.15, -0.1) is 0 Å². The van der Waals surface area contributed by atoms with Crippen molar-refractivity contribution in [2.45, 2.75) is 50.2 Å². The smallest absolute Gasteiger partial charge is 0.410 e. The summed E-state index contributed by atoms with van der Waals surface area (Å²) in [6, 6.07) is 0. The normalized spacial score (nSPS) is 18.9. The zero-order valence-corrected chi connectivity index (χ0v) is 16.3. The van der Waals surface area contributed by atoms with Gasteiger partial charge in [-0.05, 0) is 33.6 Å². The molecule has 1 aliphatic heterocycles. The molecule has 0 bridgehead atoms. The molecule has 1 fully saturated rings.